The van der Waals surface area contributed by atoms with Gasteiger partial charge >= 0.3 is 0 Å². The van der Waals surface area contributed by atoms with Crippen LogP contribution in [0.4, 0.5) is 0 Å². The standard InChI is InChI=1S/C17H17N2O/c1-2-3-4-8-15-17-13(9-10-20-15)16-12(11-18)6-5-7-14(16)19-17/h2-3,5-7,19H,4,8-10H2,1H3/b3-2+. The Morgan fingerprint density at radius 3 is 3.15 bits per heavy atom. The Bertz CT molecular complexity index is 691. The number of nitriles is 1. The summed E-state index contributed by atoms with van der Waals surface area (Å²) < 4.78 is 5.82. The van der Waals surface area contributed by atoms with Gasteiger partial charge in [-0.05, 0) is 43.9 Å². The van der Waals surface area contributed by atoms with Gasteiger partial charge in [0.25, 0.3) is 0 Å². The van der Waals surface area contributed by atoms with Gasteiger partial charge in [0.15, 0.2) is 0 Å². The number of hydrogen-bond donors (Lipinski definition) is 1. The van der Waals surface area contributed by atoms with E-state index in [0.717, 1.165) is 47.5 Å². The number of hydrogen-bond acceptors (Lipinski definition) is 2. The molecular weight excluding hydrogens is 248 g/mol. The van der Waals surface area contributed by atoms with Gasteiger partial charge < -0.3 is 9.72 Å². The van der Waals surface area contributed by atoms with Crippen LogP contribution in [0.5, 0.6) is 0 Å². The number of aromatic amines is 1. The summed E-state index contributed by atoms with van der Waals surface area (Å²) in [6.45, 7) is 2.73. The van der Waals surface area contributed by atoms with Crippen LogP contribution in [0.15, 0.2) is 30.4 Å². The molecule has 1 aromatic heterocycles. The maximum atomic E-state index is 9.28. The number of allylic oxidation sites excluding steroid dienone is 2. The van der Waals surface area contributed by atoms with E-state index >= 15 is 0 Å². The molecule has 1 N–H and O–H groups in total. The Kier molecular flexibility index (Phi) is 3.58. The highest BCUT2D eigenvalue weighted by molar-refractivity contribution is 5.90. The van der Waals surface area contributed by atoms with Crippen LogP contribution in [0.3, 0.4) is 0 Å². The molecule has 0 saturated carbocycles. The molecule has 101 valence electrons. The second-order valence-electron chi connectivity index (χ2n) is 4.95. The van der Waals surface area contributed by atoms with Crippen molar-refractivity contribution in [2.45, 2.75) is 26.2 Å². The van der Waals surface area contributed by atoms with Gasteiger partial charge in [-0.15, -0.1) is 0 Å². The Morgan fingerprint density at radius 2 is 2.35 bits per heavy atom. The monoisotopic (exact) mass is 265 g/mol. The second-order valence-corrected chi connectivity index (χ2v) is 4.95. The lowest BCUT2D eigenvalue weighted by atomic mass is 9.97. The molecule has 0 fully saturated rings. The topological polar surface area (TPSA) is 48.8 Å². The molecule has 0 amide bonds. The van der Waals surface area contributed by atoms with Gasteiger partial charge in [0.05, 0.1) is 23.9 Å². The predicted octanol–water partition coefficient (Wildman–Crippen LogP) is 3.85. The summed E-state index contributed by atoms with van der Waals surface area (Å²) >= 11 is 0. The minimum absolute atomic E-state index is 0.699. The summed E-state index contributed by atoms with van der Waals surface area (Å²) in [7, 11) is 0. The van der Waals surface area contributed by atoms with Gasteiger partial charge in [-0.1, -0.05) is 18.2 Å². The molecule has 1 aliphatic heterocycles. The van der Waals surface area contributed by atoms with E-state index in [0.29, 0.717) is 6.61 Å². The van der Waals surface area contributed by atoms with Gasteiger partial charge in [0, 0.05) is 10.9 Å². The van der Waals surface area contributed by atoms with Crippen LogP contribution in [0.25, 0.3) is 10.9 Å². The molecule has 20 heavy (non-hydrogen) atoms. The molecular formula is C17H17N2O. The largest absolute Gasteiger partial charge is 0.365 e. The third-order valence-corrected chi connectivity index (χ3v) is 3.73. The Hall–Kier alpha value is -2.05. The number of fused-ring (bicyclic) bond motifs is 3. The zero-order valence-electron chi connectivity index (χ0n) is 11.6. The third-order valence-electron chi connectivity index (χ3n) is 3.73. The van der Waals surface area contributed by atoms with Crippen molar-refractivity contribution in [1.29, 1.82) is 5.26 Å². The van der Waals surface area contributed by atoms with Crippen LogP contribution >= 0.6 is 0 Å². The van der Waals surface area contributed by atoms with Gasteiger partial charge in [0.2, 0.25) is 0 Å². The van der Waals surface area contributed by atoms with E-state index in [-0.39, 0.29) is 0 Å². The van der Waals surface area contributed by atoms with Crippen molar-refractivity contribution in [3.63, 3.8) is 0 Å². The fourth-order valence-corrected chi connectivity index (χ4v) is 2.82. The Balaban J connectivity index is 2.04. The van der Waals surface area contributed by atoms with Gasteiger partial charge in [-0.3, -0.25) is 0 Å². The fourth-order valence-electron chi connectivity index (χ4n) is 2.82. The third kappa shape index (κ3) is 2.13. The highest BCUT2D eigenvalue weighted by Crippen LogP contribution is 2.35. The average Bonchev–Trinajstić information content (AvgIpc) is 2.87. The molecule has 0 saturated heterocycles. The lowest BCUT2D eigenvalue weighted by Gasteiger charge is -2.21. The second kappa shape index (κ2) is 5.52. The predicted molar refractivity (Wildman–Crippen MR) is 79.1 cm³/mol. The first-order chi connectivity index (χ1) is 9.85. The highest BCUT2D eigenvalue weighted by Gasteiger charge is 2.26. The lowest BCUT2D eigenvalue weighted by molar-refractivity contribution is 0.141. The van der Waals surface area contributed by atoms with Crippen molar-refractivity contribution >= 4 is 10.9 Å². The minimum Gasteiger partial charge on any atom is -0.365 e. The van der Waals surface area contributed by atoms with Crippen LogP contribution in [0.2, 0.25) is 0 Å². The van der Waals surface area contributed by atoms with E-state index in [1.807, 2.05) is 25.1 Å². The van der Waals surface area contributed by atoms with Crippen molar-refractivity contribution in [2.24, 2.45) is 0 Å². The smallest absolute Gasteiger partial charge is 0.143 e. The number of aromatic nitrogens is 1. The first-order valence-corrected chi connectivity index (χ1v) is 6.99. The van der Waals surface area contributed by atoms with Crippen molar-refractivity contribution in [3.8, 4) is 6.07 Å². The molecule has 3 nitrogen and oxygen atoms in total. The van der Waals surface area contributed by atoms with E-state index in [1.165, 1.54) is 5.56 Å². The van der Waals surface area contributed by atoms with E-state index in [9.17, 15) is 5.26 Å². The molecule has 0 aliphatic carbocycles. The first kappa shape index (κ1) is 13.0. The fraction of sp³-hybridized carbons (Fsp3) is 0.294. The molecule has 1 radical (unpaired) electrons. The van der Waals surface area contributed by atoms with E-state index in [1.54, 1.807) is 0 Å². The number of rotatable bonds is 3. The minimum atomic E-state index is 0.699. The average molecular weight is 265 g/mol. The van der Waals surface area contributed by atoms with E-state index in [2.05, 4.69) is 23.2 Å². The molecule has 0 spiro atoms. The molecule has 3 rings (SSSR count). The van der Waals surface area contributed by atoms with Crippen molar-refractivity contribution in [1.82, 2.24) is 4.98 Å². The van der Waals surface area contributed by atoms with Crippen LogP contribution in [0, 0.1) is 17.4 Å². The van der Waals surface area contributed by atoms with Crippen LogP contribution < -0.4 is 0 Å². The van der Waals surface area contributed by atoms with Crippen LogP contribution in [-0.4, -0.2) is 11.6 Å². The van der Waals surface area contributed by atoms with Crippen LogP contribution in [-0.2, 0) is 11.2 Å². The number of ether oxygens (including phenoxy) is 1. The van der Waals surface area contributed by atoms with E-state index in [4.69, 9.17) is 4.74 Å². The summed E-state index contributed by atoms with van der Waals surface area (Å²) in [5.74, 6) is 0. The first-order valence-electron chi connectivity index (χ1n) is 6.99. The number of nitrogens with one attached hydrogen (secondary N) is 1. The Labute approximate surface area is 118 Å². The number of nitrogens with zero attached hydrogens (tertiary/aromatic N) is 1. The molecule has 2 heterocycles. The molecule has 3 heteroatoms. The normalized spacial score (nSPS) is 15.6. The van der Waals surface area contributed by atoms with Crippen molar-refractivity contribution < 1.29 is 4.74 Å². The summed E-state index contributed by atoms with van der Waals surface area (Å²) in [6, 6.07) is 8.12. The van der Waals surface area contributed by atoms with E-state index < -0.39 is 0 Å². The van der Waals surface area contributed by atoms with Crippen molar-refractivity contribution in [2.75, 3.05) is 6.61 Å². The van der Waals surface area contributed by atoms with Gasteiger partial charge in [0.1, 0.15) is 6.10 Å². The number of H-pyrrole nitrogens is 1. The molecule has 2 aromatic rings. The summed E-state index contributed by atoms with van der Waals surface area (Å²) in [4.78, 5) is 3.43. The molecule has 0 unspecified atom stereocenters. The molecule has 1 aromatic carbocycles. The SMILES string of the molecule is C/C=C/CC[C]1OCCc2c1[nH]c1cccc(C#N)c21. The molecule has 0 atom stereocenters. The maximum Gasteiger partial charge on any atom is 0.143 e. The number of benzene rings is 1. The maximum absolute atomic E-state index is 9.28. The zero-order chi connectivity index (χ0) is 13.9. The Morgan fingerprint density at radius 1 is 1.45 bits per heavy atom. The van der Waals surface area contributed by atoms with Crippen molar-refractivity contribution in [3.05, 3.63) is 53.3 Å². The summed E-state index contributed by atoms with van der Waals surface area (Å²) in [5, 5.41) is 10.4. The summed E-state index contributed by atoms with van der Waals surface area (Å²) in [6.07, 6.45) is 7.96. The molecule has 0 bridgehead atoms. The molecule has 1 aliphatic rings. The van der Waals surface area contributed by atoms with Gasteiger partial charge in [-0.2, -0.15) is 5.26 Å². The van der Waals surface area contributed by atoms with Gasteiger partial charge in [-0.25, -0.2) is 0 Å². The van der Waals surface area contributed by atoms with Crippen LogP contribution in [0.1, 0.15) is 36.6 Å². The quantitative estimate of drug-likeness (QED) is 0.857. The summed E-state index contributed by atoms with van der Waals surface area (Å²) in [5.41, 5.74) is 4.09. The lowest BCUT2D eigenvalue weighted by Crippen LogP contribution is -2.16. The zero-order valence-corrected chi connectivity index (χ0v) is 11.6. The highest BCUT2D eigenvalue weighted by atomic mass is 16.5.